The van der Waals surface area contributed by atoms with Crippen molar-refractivity contribution in [2.45, 2.75) is 38.8 Å². The Hall–Kier alpha value is -0.900. The Bertz CT molecular complexity index is 432. The summed E-state index contributed by atoms with van der Waals surface area (Å²) in [5.41, 5.74) is 2.76. The predicted octanol–water partition coefficient (Wildman–Crippen LogP) is 2.67. The van der Waals surface area contributed by atoms with Gasteiger partial charge in [-0.2, -0.15) is 0 Å². The zero-order valence-electron chi connectivity index (χ0n) is 14.1. The molecule has 1 N–H and O–H groups in total. The third-order valence-corrected chi connectivity index (χ3v) is 4.68. The summed E-state index contributed by atoms with van der Waals surface area (Å²) in [6.45, 7) is 9.36. The van der Waals surface area contributed by atoms with E-state index >= 15 is 0 Å². The molecule has 21 heavy (non-hydrogen) atoms. The predicted molar refractivity (Wildman–Crippen MR) is 90.7 cm³/mol. The summed E-state index contributed by atoms with van der Waals surface area (Å²) < 4.78 is 0. The molecule has 3 nitrogen and oxygen atoms in total. The van der Waals surface area contributed by atoms with E-state index in [0.717, 1.165) is 0 Å². The van der Waals surface area contributed by atoms with Gasteiger partial charge in [0.1, 0.15) is 0 Å². The van der Waals surface area contributed by atoms with E-state index in [0.29, 0.717) is 12.1 Å². The summed E-state index contributed by atoms with van der Waals surface area (Å²) in [6, 6.07) is 10.0. The Kier molecular flexibility index (Phi) is 6.22. The summed E-state index contributed by atoms with van der Waals surface area (Å²) in [5.74, 6) is 0. The molecule has 0 aromatic heterocycles. The molecule has 1 fully saturated rings. The van der Waals surface area contributed by atoms with Crippen LogP contribution in [0.4, 0.5) is 0 Å². The van der Waals surface area contributed by atoms with Crippen molar-refractivity contribution < 1.29 is 0 Å². The van der Waals surface area contributed by atoms with Gasteiger partial charge in [0.25, 0.3) is 0 Å². The quantitative estimate of drug-likeness (QED) is 0.899. The summed E-state index contributed by atoms with van der Waals surface area (Å²) in [5, 5.41) is 3.49. The highest BCUT2D eigenvalue weighted by atomic mass is 15.2. The van der Waals surface area contributed by atoms with E-state index in [1.165, 1.54) is 50.1 Å². The molecule has 1 aromatic rings. The molecule has 2 unspecified atom stereocenters. The Morgan fingerprint density at radius 3 is 2.86 bits per heavy atom. The first-order valence-electron chi connectivity index (χ1n) is 8.26. The highest BCUT2D eigenvalue weighted by Crippen LogP contribution is 2.19. The van der Waals surface area contributed by atoms with Crippen LogP contribution in [0.3, 0.4) is 0 Å². The number of hydrogen-bond donors (Lipinski definition) is 1. The minimum Gasteiger partial charge on any atom is -0.313 e. The van der Waals surface area contributed by atoms with E-state index in [4.69, 9.17) is 0 Å². The Balaban J connectivity index is 1.93. The molecule has 1 aromatic carbocycles. The summed E-state index contributed by atoms with van der Waals surface area (Å²) in [6.07, 6.45) is 2.46. The van der Waals surface area contributed by atoms with Gasteiger partial charge in [-0.1, -0.05) is 29.8 Å². The van der Waals surface area contributed by atoms with Crippen molar-refractivity contribution in [2.24, 2.45) is 0 Å². The lowest BCUT2D eigenvalue weighted by Gasteiger charge is -2.29. The maximum Gasteiger partial charge on any atom is 0.0329 e. The smallest absolute Gasteiger partial charge is 0.0329 e. The second kappa shape index (κ2) is 7.92. The maximum atomic E-state index is 3.49. The van der Waals surface area contributed by atoms with E-state index < -0.39 is 0 Å². The highest BCUT2D eigenvalue weighted by molar-refractivity contribution is 5.25. The Morgan fingerprint density at radius 2 is 2.14 bits per heavy atom. The van der Waals surface area contributed by atoms with Gasteiger partial charge in [0.05, 0.1) is 0 Å². The minimum atomic E-state index is 0.457. The fourth-order valence-electron chi connectivity index (χ4n) is 3.41. The molecular weight excluding hydrogens is 258 g/mol. The molecule has 118 valence electrons. The van der Waals surface area contributed by atoms with Crippen molar-refractivity contribution in [3.05, 3.63) is 35.4 Å². The SMILES string of the molecule is CNC(CCN1CCCN(C)CC1C)c1cccc(C)c1. The van der Waals surface area contributed by atoms with Gasteiger partial charge in [-0.25, -0.2) is 0 Å². The van der Waals surface area contributed by atoms with E-state index in [2.05, 4.69) is 67.3 Å². The number of benzene rings is 1. The van der Waals surface area contributed by atoms with E-state index in [-0.39, 0.29) is 0 Å². The van der Waals surface area contributed by atoms with E-state index in [9.17, 15) is 0 Å². The van der Waals surface area contributed by atoms with Crippen LogP contribution < -0.4 is 5.32 Å². The number of likely N-dealkylation sites (N-methyl/N-ethyl adjacent to an activating group) is 1. The standard InChI is InChI=1S/C18H31N3/c1-15-7-5-8-17(13-15)18(19-3)9-12-21-11-6-10-20(4)14-16(21)2/h5,7-8,13,16,18-19H,6,9-12,14H2,1-4H3. The van der Waals surface area contributed by atoms with Crippen molar-refractivity contribution in [3.8, 4) is 0 Å². The number of aryl methyl sites for hydroxylation is 1. The number of rotatable bonds is 5. The van der Waals surface area contributed by atoms with Gasteiger partial charge in [-0.3, -0.25) is 4.90 Å². The van der Waals surface area contributed by atoms with Gasteiger partial charge < -0.3 is 10.2 Å². The Morgan fingerprint density at radius 1 is 1.33 bits per heavy atom. The average Bonchev–Trinajstić information content (AvgIpc) is 2.61. The maximum absolute atomic E-state index is 3.49. The zero-order chi connectivity index (χ0) is 15.2. The molecule has 2 atom stereocenters. The van der Waals surface area contributed by atoms with Crippen LogP contribution in [0.25, 0.3) is 0 Å². The third kappa shape index (κ3) is 4.80. The van der Waals surface area contributed by atoms with Crippen molar-refractivity contribution in [2.75, 3.05) is 40.3 Å². The van der Waals surface area contributed by atoms with Crippen LogP contribution in [0.5, 0.6) is 0 Å². The number of nitrogens with one attached hydrogen (secondary N) is 1. The average molecular weight is 289 g/mol. The molecule has 0 saturated carbocycles. The van der Waals surface area contributed by atoms with Gasteiger partial charge >= 0.3 is 0 Å². The molecule has 1 aliphatic heterocycles. The van der Waals surface area contributed by atoms with Crippen LogP contribution in [0, 0.1) is 6.92 Å². The van der Waals surface area contributed by atoms with E-state index in [1.54, 1.807) is 0 Å². The van der Waals surface area contributed by atoms with Crippen LogP contribution in [0.15, 0.2) is 24.3 Å². The topological polar surface area (TPSA) is 18.5 Å². The summed E-state index contributed by atoms with van der Waals surface area (Å²) in [4.78, 5) is 5.12. The van der Waals surface area contributed by atoms with E-state index in [1.807, 2.05) is 0 Å². The first kappa shape index (κ1) is 16.5. The number of nitrogens with zero attached hydrogens (tertiary/aromatic N) is 2. The molecule has 1 aliphatic rings. The highest BCUT2D eigenvalue weighted by Gasteiger charge is 2.20. The van der Waals surface area contributed by atoms with Gasteiger partial charge in [0.2, 0.25) is 0 Å². The van der Waals surface area contributed by atoms with Crippen LogP contribution in [0.2, 0.25) is 0 Å². The van der Waals surface area contributed by atoms with Crippen molar-refractivity contribution in [1.82, 2.24) is 15.1 Å². The molecular formula is C18H31N3. The lowest BCUT2D eigenvalue weighted by atomic mass is 10.0. The zero-order valence-corrected chi connectivity index (χ0v) is 14.1. The van der Waals surface area contributed by atoms with Crippen molar-refractivity contribution >= 4 is 0 Å². The Labute approximate surface area is 130 Å². The normalized spacial score (nSPS) is 23.0. The van der Waals surface area contributed by atoms with Gasteiger partial charge in [-0.05, 0) is 59.4 Å². The minimum absolute atomic E-state index is 0.457. The molecule has 0 amide bonds. The summed E-state index contributed by atoms with van der Waals surface area (Å²) in [7, 11) is 4.32. The molecule has 0 spiro atoms. The first-order chi connectivity index (χ1) is 10.1. The molecule has 1 saturated heterocycles. The van der Waals surface area contributed by atoms with Crippen molar-refractivity contribution in [3.63, 3.8) is 0 Å². The monoisotopic (exact) mass is 289 g/mol. The van der Waals surface area contributed by atoms with Crippen LogP contribution in [-0.2, 0) is 0 Å². The molecule has 0 radical (unpaired) electrons. The molecule has 0 bridgehead atoms. The second-order valence-electron chi connectivity index (χ2n) is 6.54. The largest absolute Gasteiger partial charge is 0.313 e. The molecule has 1 heterocycles. The van der Waals surface area contributed by atoms with Crippen LogP contribution in [-0.4, -0.2) is 56.1 Å². The second-order valence-corrected chi connectivity index (χ2v) is 6.54. The fraction of sp³-hybridized carbons (Fsp3) is 0.667. The third-order valence-electron chi connectivity index (χ3n) is 4.68. The first-order valence-corrected chi connectivity index (χ1v) is 8.26. The van der Waals surface area contributed by atoms with Crippen LogP contribution in [0.1, 0.15) is 36.9 Å². The van der Waals surface area contributed by atoms with Gasteiger partial charge in [0, 0.05) is 25.2 Å². The lowest BCUT2D eigenvalue weighted by Crippen LogP contribution is -2.39. The van der Waals surface area contributed by atoms with Crippen LogP contribution >= 0.6 is 0 Å². The molecule has 3 heteroatoms. The summed E-state index contributed by atoms with van der Waals surface area (Å²) >= 11 is 0. The molecule has 2 rings (SSSR count). The lowest BCUT2D eigenvalue weighted by molar-refractivity contribution is 0.193. The number of hydrogen-bond acceptors (Lipinski definition) is 3. The van der Waals surface area contributed by atoms with Gasteiger partial charge in [-0.15, -0.1) is 0 Å². The van der Waals surface area contributed by atoms with Gasteiger partial charge in [0.15, 0.2) is 0 Å². The fourth-order valence-corrected chi connectivity index (χ4v) is 3.41. The van der Waals surface area contributed by atoms with Crippen molar-refractivity contribution in [1.29, 1.82) is 0 Å². The molecule has 0 aliphatic carbocycles.